The fourth-order valence-corrected chi connectivity index (χ4v) is 7.62. The normalized spacial score (nSPS) is 18.9. The third-order valence-electron chi connectivity index (χ3n) is 9.55. The first-order valence-electron chi connectivity index (χ1n) is 15.8. The highest BCUT2D eigenvalue weighted by Gasteiger charge is 2.53. The quantitative estimate of drug-likeness (QED) is 0.188. The molecule has 0 unspecified atom stereocenters. The minimum atomic E-state index is 0.0871. The summed E-state index contributed by atoms with van der Waals surface area (Å²) in [6.45, 7) is 8.89. The predicted molar refractivity (Wildman–Crippen MR) is 177 cm³/mol. The zero-order valence-corrected chi connectivity index (χ0v) is 26.7. The Bertz CT molecular complexity index is 1470. The van der Waals surface area contributed by atoms with Crippen LogP contribution in [-0.2, 0) is 20.8 Å². The number of hydrogen-bond donors (Lipinski definition) is 2. The molecule has 0 bridgehead atoms. The number of carbonyl (C=O) groups is 1. The summed E-state index contributed by atoms with van der Waals surface area (Å²) >= 11 is 12.4. The number of halogens is 1. The zero-order chi connectivity index (χ0) is 30.0. The van der Waals surface area contributed by atoms with Gasteiger partial charge in [0.25, 0.3) is 0 Å². The molecule has 3 fully saturated rings. The fraction of sp³-hybridized carbons (Fsp3) is 0.529. The maximum absolute atomic E-state index is 13.1. The summed E-state index contributed by atoms with van der Waals surface area (Å²) in [5, 5.41) is 4.98. The van der Waals surface area contributed by atoms with Gasteiger partial charge in [0.05, 0.1) is 17.1 Å². The van der Waals surface area contributed by atoms with Crippen LogP contribution in [0.5, 0.6) is 0 Å². The van der Waals surface area contributed by atoms with Gasteiger partial charge in [0.15, 0.2) is 0 Å². The second-order valence-electron chi connectivity index (χ2n) is 12.7. The molecule has 0 atom stereocenters. The topological polar surface area (TPSA) is 81.8 Å². The van der Waals surface area contributed by atoms with Crippen LogP contribution in [0.25, 0.3) is 22.0 Å². The molecule has 3 N–H and O–H groups in total. The molecule has 43 heavy (non-hydrogen) atoms. The number of benzene rings is 2. The zero-order valence-electron chi connectivity index (χ0n) is 25.1. The van der Waals surface area contributed by atoms with Gasteiger partial charge in [0.2, 0.25) is 5.91 Å². The molecule has 3 aromatic rings. The van der Waals surface area contributed by atoms with Crippen molar-refractivity contribution in [2.75, 3.05) is 46.1 Å². The average molecular weight is 623 g/mol. The van der Waals surface area contributed by atoms with Crippen molar-refractivity contribution < 1.29 is 14.3 Å². The van der Waals surface area contributed by atoms with Crippen LogP contribution in [0, 0.1) is 11.3 Å². The van der Waals surface area contributed by atoms with Crippen molar-refractivity contribution in [1.82, 2.24) is 14.8 Å². The Balaban J connectivity index is 1.12. The first-order chi connectivity index (χ1) is 20.9. The molecular weight excluding hydrogens is 580 g/mol. The molecular formula is C34H43ClN4O3S. The second-order valence-corrected chi connectivity index (χ2v) is 13.5. The molecule has 9 heteroatoms. The monoisotopic (exact) mass is 622 g/mol. The predicted octanol–water partition coefficient (Wildman–Crippen LogP) is 6.09. The van der Waals surface area contributed by atoms with Crippen LogP contribution in [0.4, 0.5) is 0 Å². The summed E-state index contributed by atoms with van der Waals surface area (Å²) in [6, 6.07) is 12.5. The van der Waals surface area contributed by atoms with Crippen molar-refractivity contribution in [3.8, 4) is 11.1 Å². The number of nitrogens with one attached hydrogen (secondary N) is 1. The van der Waals surface area contributed by atoms with E-state index in [4.69, 9.17) is 39.0 Å². The fourth-order valence-electron chi connectivity index (χ4n) is 7.17. The molecule has 230 valence electrons. The summed E-state index contributed by atoms with van der Waals surface area (Å²) in [7, 11) is 0. The van der Waals surface area contributed by atoms with Gasteiger partial charge in [-0.3, -0.25) is 9.69 Å². The standard InChI is InChI=1S/C34H43ClN4O3S/c1-2-3-12-41-15-11-38-21-34(22-38)17-26(18-34)33(40)37-19-25-7-8-28-29(23-5-4-6-24(16-23)32(36)43)20-39(31(28)30(25)35)27-9-13-42-14-10-27/h4-8,16,20,26-27H,2-3,9-15,17-19,21-22H2,1H3,(H2,36,43)(H,37,40). The highest BCUT2D eigenvalue weighted by Crippen LogP contribution is 2.52. The van der Waals surface area contributed by atoms with Gasteiger partial charge in [0.1, 0.15) is 4.99 Å². The smallest absolute Gasteiger partial charge is 0.223 e. The van der Waals surface area contributed by atoms with Gasteiger partial charge in [-0.2, -0.15) is 0 Å². The summed E-state index contributed by atoms with van der Waals surface area (Å²) in [6.07, 6.45) is 8.31. The molecule has 3 aliphatic rings. The van der Waals surface area contributed by atoms with E-state index >= 15 is 0 Å². The number of nitrogens with zero attached hydrogens (tertiary/aromatic N) is 2. The highest BCUT2D eigenvalue weighted by molar-refractivity contribution is 7.80. The van der Waals surface area contributed by atoms with Gasteiger partial charge in [-0.1, -0.05) is 67.5 Å². The Morgan fingerprint density at radius 3 is 2.72 bits per heavy atom. The van der Waals surface area contributed by atoms with E-state index in [9.17, 15) is 4.79 Å². The van der Waals surface area contributed by atoms with Gasteiger partial charge in [-0.15, -0.1) is 0 Å². The summed E-state index contributed by atoms with van der Waals surface area (Å²) in [4.78, 5) is 16.0. The summed E-state index contributed by atoms with van der Waals surface area (Å²) in [5.74, 6) is 0.224. The molecule has 1 saturated carbocycles. The van der Waals surface area contributed by atoms with Crippen molar-refractivity contribution in [2.45, 2.75) is 58.0 Å². The van der Waals surface area contributed by atoms with Crippen molar-refractivity contribution >= 4 is 45.6 Å². The van der Waals surface area contributed by atoms with Crippen LogP contribution < -0.4 is 11.1 Å². The Morgan fingerprint density at radius 1 is 1.19 bits per heavy atom. The van der Waals surface area contributed by atoms with Gasteiger partial charge in [-0.05, 0) is 54.7 Å². The van der Waals surface area contributed by atoms with Crippen LogP contribution >= 0.6 is 23.8 Å². The Morgan fingerprint density at radius 2 is 1.98 bits per heavy atom. The van der Waals surface area contributed by atoms with Crippen molar-refractivity contribution in [3.63, 3.8) is 0 Å². The molecule has 0 radical (unpaired) electrons. The molecule has 1 aromatic heterocycles. The molecule has 3 heterocycles. The molecule has 2 saturated heterocycles. The number of likely N-dealkylation sites (tertiary alicyclic amines) is 1. The van der Waals surface area contributed by atoms with E-state index in [1.165, 1.54) is 6.42 Å². The van der Waals surface area contributed by atoms with Crippen LogP contribution in [0.3, 0.4) is 0 Å². The molecule has 1 amide bonds. The minimum absolute atomic E-state index is 0.0871. The molecule has 6 rings (SSSR count). The maximum atomic E-state index is 13.1. The second kappa shape index (κ2) is 13.2. The number of aromatic nitrogens is 1. The number of nitrogens with two attached hydrogens (primary N) is 1. The van der Waals surface area contributed by atoms with Gasteiger partial charge in [0, 0.05) is 80.7 Å². The number of fused-ring (bicyclic) bond motifs is 1. The molecule has 1 spiro atoms. The van der Waals surface area contributed by atoms with E-state index in [1.807, 2.05) is 18.2 Å². The van der Waals surface area contributed by atoms with Crippen molar-refractivity contribution in [1.29, 1.82) is 0 Å². The first kappa shape index (κ1) is 30.5. The summed E-state index contributed by atoms with van der Waals surface area (Å²) < 4.78 is 13.7. The van der Waals surface area contributed by atoms with Gasteiger partial charge >= 0.3 is 0 Å². The largest absolute Gasteiger partial charge is 0.389 e. The maximum Gasteiger partial charge on any atom is 0.223 e. The highest BCUT2D eigenvalue weighted by atomic mass is 35.5. The van der Waals surface area contributed by atoms with Crippen molar-refractivity contribution in [3.05, 3.63) is 58.7 Å². The molecule has 1 aliphatic carbocycles. The average Bonchev–Trinajstić information content (AvgIpc) is 3.37. The van der Waals surface area contributed by atoms with Crippen LogP contribution in [0.1, 0.15) is 62.6 Å². The van der Waals surface area contributed by atoms with E-state index in [2.05, 4.69) is 46.1 Å². The van der Waals surface area contributed by atoms with Crippen LogP contribution in [-0.4, -0.2) is 66.4 Å². The van der Waals surface area contributed by atoms with Crippen LogP contribution in [0.15, 0.2) is 42.6 Å². The first-order valence-corrected chi connectivity index (χ1v) is 16.5. The third kappa shape index (κ3) is 6.50. The lowest BCUT2D eigenvalue weighted by Crippen LogP contribution is -2.64. The van der Waals surface area contributed by atoms with Crippen molar-refractivity contribution in [2.24, 2.45) is 17.1 Å². The number of thiocarbonyl (C=S) groups is 1. The lowest BCUT2D eigenvalue weighted by molar-refractivity contribution is -0.145. The van der Waals surface area contributed by atoms with E-state index in [1.54, 1.807) is 0 Å². The Labute approximate surface area is 265 Å². The molecule has 7 nitrogen and oxygen atoms in total. The molecule has 2 aliphatic heterocycles. The Kier molecular flexibility index (Phi) is 9.41. The lowest BCUT2D eigenvalue weighted by atomic mass is 9.57. The SMILES string of the molecule is CCCCOCCN1CC2(CC(C(=O)NCc3ccc4c(-c5cccc(C(N)=S)c5)cn(C5CCOCC5)c4c3Cl)C2)C1. The number of rotatable bonds is 12. The number of unbranched alkanes of at least 4 members (excludes halogenated alkanes) is 1. The summed E-state index contributed by atoms with van der Waals surface area (Å²) in [5.41, 5.74) is 11.2. The van der Waals surface area contributed by atoms with E-state index in [0.29, 0.717) is 28.0 Å². The Hall–Kier alpha value is -2.49. The van der Waals surface area contributed by atoms with Gasteiger partial charge < -0.3 is 25.1 Å². The number of carbonyl (C=O) groups excluding carboxylic acids is 1. The van der Waals surface area contributed by atoms with E-state index in [-0.39, 0.29) is 11.8 Å². The lowest BCUT2D eigenvalue weighted by Gasteiger charge is -2.58. The van der Waals surface area contributed by atoms with Gasteiger partial charge in [-0.25, -0.2) is 0 Å². The number of hydrogen-bond acceptors (Lipinski definition) is 5. The third-order valence-corrected chi connectivity index (χ3v) is 10.2. The number of amides is 1. The van der Waals surface area contributed by atoms with E-state index in [0.717, 1.165) is 111 Å². The van der Waals surface area contributed by atoms with Crippen LogP contribution in [0.2, 0.25) is 5.02 Å². The molecule has 2 aromatic carbocycles. The van der Waals surface area contributed by atoms with E-state index < -0.39 is 0 Å². The minimum Gasteiger partial charge on any atom is -0.389 e. The number of ether oxygens (including phenoxy) is 2.